The lowest BCUT2D eigenvalue weighted by Gasteiger charge is -2.27. The Bertz CT molecular complexity index is 1140. The third-order valence-electron chi connectivity index (χ3n) is 5.04. The first kappa shape index (κ1) is 24.5. The number of nitrogens with zero attached hydrogens (tertiary/aromatic N) is 2. The first-order chi connectivity index (χ1) is 15.4. The maximum atomic E-state index is 14.6. The molecule has 1 N–H and O–H groups in total. The molecule has 1 aliphatic rings. The summed E-state index contributed by atoms with van der Waals surface area (Å²) < 4.78 is 58.6. The molecule has 1 aliphatic heterocycles. The van der Waals surface area contributed by atoms with E-state index in [1.54, 1.807) is 20.8 Å². The maximum absolute atomic E-state index is 14.6. The third-order valence-corrected chi connectivity index (χ3v) is 7.54. The van der Waals surface area contributed by atoms with Gasteiger partial charge in [0.25, 0.3) is 5.91 Å². The monoisotopic (exact) mass is 483 g/mol. The zero-order valence-corrected chi connectivity index (χ0v) is 18.9. The lowest BCUT2D eigenvalue weighted by molar-refractivity contribution is -0.137. The van der Waals surface area contributed by atoms with Crippen LogP contribution in [0.3, 0.4) is 0 Å². The van der Waals surface area contributed by atoms with E-state index < -0.39 is 50.8 Å². The van der Waals surface area contributed by atoms with Crippen LogP contribution in [0, 0.1) is 17.1 Å². The van der Waals surface area contributed by atoms with Gasteiger partial charge in [0.15, 0.2) is 0 Å². The van der Waals surface area contributed by atoms with Gasteiger partial charge in [-0.15, -0.1) is 11.1 Å². The van der Waals surface area contributed by atoms with Crippen LogP contribution in [0.4, 0.5) is 23.2 Å². The van der Waals surface area contributed by atoms with Gasteiger partial charge in [0, 0.05) is 4.90 Å². The molecule has 1 fully saturated rings. The summed E-state index contributed by atoms with van der Waals surface area (Å²) in [6, 6.07) is 8.34. The average Bonchev–Trinajstić information content (AvgIpc) is 3.00. The van der Waals surface area contributed by atoms with Crippen molar-refractivity contribution in [1.82, 2.24) is 4.83 Å². The van der Waals surface area contributed by atoms with E-state index in [0.717, 1.165) is 23.2 Å². The summed E-state index contributed by atoms with van der Waals surface area (Å²) in [7, 11) is 0. The minimum atomic E-state index is -4.78. The predicted molar refractivity (Wildman–Crippen MR) is 115 cm³/mol. The van der Waals surface area contributed by atoms with Gasteiger partial charge in [0.05, 0.1) is 39.8 Å². The highest BCUT2D eigenvalue weighted by Crippen LogP contribution is 2.51. The Labute approximate surface area is 190 Å². The van der Waals surface area contributed by atoms with Gasteiger partial charge in [-0.3, -0.25) is 4.79 Å². The molecule has 3 rings (SSSR count). The fourth-order valence-corrected chi connectivity index (χ4v) is 5.45. The van der Waals surface area contributed by atoms with Gasteiger partial charge < -0.3 is 4.74 Å². The molecule has 33 heavy (non-hydrogen) atoms. The predicted octanol–water partition coefficient (Wildman–Crippen LogP) is 4.89. The summed E-state index contributed by atoms with van der Waals surface area (Å²) in [5, 5.41) is 9.98. The summed E-state index contributed by atoms with van der Waals surface area (Å²) in [4.78, 5) is 28.4. The van der Waals surface area contributed by atoms with Gasteiger partial charge in [0.2, 0.25) is 0 Å². The number of hydrogen-bond donors (Lipinski definition) is 2. The Hall–Kier alpha value is -3.10. The van der Waals surface area contributed by atoms with Crippen LogP contribution >= 0.6 is 11.1 Å². The van der Waals surface area contributed by atoms with Crippen LogP contribution in [0.25, 0.3) is 0 Å². The Morgan fingerprint density at radius 1 is 1.24 bits per heavy atom. The number of anilines is 1. The second-order valence-electron chi connectivity index (χ2n) is 7.77. The zero-order valence-electron chi connectivity index (χ0n) is 18.0. The fourth-order valence-electron chi connectivity index (χ4n) is 3.28. The van der Waals surface area contributed by atoms with Crippen molar-refractivity contribution in [1.29, 1.82) is 5.26 Å². The minimum Gasteiger partial charge on any atom is -0.462 e. The molecule has 2 aromatic carbocycles. The van der Waals surface area contributed by atoms with Crippen molar-refractivity contribution in [3.63, 3.8) is 0 Å². The summed E-state index contributed by atoms with van der Waals surface area (Å²) in [6.45, 7) is 5.15. The van der Waals surface area contributed by atoms with Gasteiger partial charge >= 0.3 is 12.1 Å². The standard InChI is InChI=1S/C22H21F4N3O3S/c1-4-9-32-19(30)16-8-7-15(11-18(16)23)33-21(2,3)20(31)29(28-33)14-6-5-13(12-27)17(10-14)22(24,25)26/h5-8,10-11,28,33H,4,9H2,1-3H3. The van der Waals surface area contributed by atoms with E-state index in [1.807, 2.05) is 0 Å². The number of alkyl halides is 3. The smallest absolute Gasteiger partial charge is 0.417 e. The van der Waals surface area contributed by atoms with E-state index in [0.29, 0.717) is 11.3 Å². The number of carbonyl (C=O) groups is 2. The number of esters is 1. The number of halogens is 4. The van der Waals surface area contributed by atoms with Gasteiger partial charge in [-0.25, -0.2) is 14.2 Å². The highest BCUT2D eigenvalue weighted by Gasteiger charge is 2.47. The lowest BCUT2D eigenvalue weighted by atomic mass is 10.1. The Morgan fingerprint density at radius 3 is 2.52 bits per heavy atom. The molecule has 176 valence electrons. The highest BCUT2D eigenvalue weighted by atomic mass is 32.2. The Kier molecular flexibility index (Phi) is 6.72. The van der Waals surface area contributed by atoms with Crippen molar-refractivity contribution in [2.75, 3.05) is 11.6 Å². The normalized spacial score (nSPS) is 18.8. The zero-order chi connectivity index (χ0) is 24.6. The SMILES string of the molecule is CCCOC(=O)c1ccc([SH]2NN(c3ccc(C#N)c(C(F)(F)F)c3)C(=O)C2(C)C)cc1F. The molecule has 1 saturated heterocycles. The minimum absolute atomic E-state index is 0.0929. The molecule has 0 radical (unpaired) electrons. The molecule has 1 atom stereocenters. The number of hydrazine groups is 1. The van der Waals surface area contributed by atoms with Gasteiger partial charge in [-0.2, -0.15) is 23.3 Å². The number of carbonyl (C=O) groups excluding carboxylic acids is 2. The number of rotatable bonds is 5. The number of benzene rings is 2. The molecule has 11 heteroatoms. The van der Waals surface area contributed by atoms with Crippen molar-refractivity contribution in [2.45, 2.75) is 43.0 Å². The molecule has 0 spiro atoms. The summed E-state index contributed by atoms with van der Waals surface area (Å²) in [5.74, 6) is -2.14. The number of nitrogens with one attached hydrogen (secondary N) is 1. The van der Waals surface area contributed by atoms with Crippen LogP contribution in [-0.2, 0) is 15.7 Å². The molecule has 2 aromatic rings. The van der Waals surface area contributed by atoms with Crippen molar-refractivity contribution >= 4 is 28.6 Å². The van der Waals surface area contributed by atoms with Gasteiger partial charge in [-0.05, 0) is 56.7 Å². The van der Waals surface area contributed by atoms with Crippen LogP contribution in [0.1, 0.15) is 48.7 Å². The largest absolute Gasteiger partial charge is 0.462 e. The topological polar surface area (TPSA) is 82.4 Å². The van der Waals surface area contributed by atoms with Crippen LogP contribution in [-0.4, -0.2) is 23.2 Å². The first-order valence-corrected chi connectivity index (χ1v) is 11.2. The quantitative estimate of drug-likeness (QED) is 0.360. The molecule has 6 nitrogen and oxygen atoms in total. The average molecular weight is 483 g/mol. The summed E-state index contributed by atoms with van der Waals surface area (Å²) >= 11 is -1.61. The summed E-state index contributed by atoms with van der Waals surface area (Å²) in [5.41, 5.74) is -2.06. The number of ether oxygens (including phenoxy) is 1. The van der Waals surface area contributed by atoms with E-state index >= 15 is 0 Å². The van der Waals surface area contributed by atoms with Crippen molar-refractivity contribution in [2.24, 2.45) is 0 Å². The molecular weight excluding hydrogens is 462 g/mol. The molecule has 0 saturated carbocycles. The van der Waals surface area contributed by atoms with E-state index in [2.05, 4.69) is 4.83 Å². The van der Waals surface area contributed by atoms with E-state index in [4.69, 9.17) is 10.00 Å². The third kappa shape index (κ3) is 4.67. The molecule has 1 heterocycles. The van der Waals surface area contributed by atoms with Crippen LogP contribution in [0.5, 0.6) is 0 Å². The number of hydrogen-bond acceptors (Lipinski definition) is 5. The van der Waals surface area contributed by atoms with Crippen molar-refractivity contribution in [3.05, 3.63) is 58.9 Å². The fraction of sp³-hybridized carbons (Fsp3) is 0.318. The Balaban J connectivity index is 1.95. The van der Waals surface area contributed by atoms with E-state index in [1.165, 1.54) is 24.3 Å². The van der Waals surface area contributed by atoms with E-state index in [-0.39, 0.29) is 17.9 Å². The number of amides is 1. The molecule has 0 aliphatic carbocycles. The van der Waals surface area contributed by atoms with E-state index in [9.17, 15) is 27.2 Å². The lowest BCUT2D eigenvalue weighted by Crippen LogP contribution is -2.38. The molecular formula is C22H21F4N3O3S. The molecule has 0 aromatic heterocycles. The second-order valence-corrected chi connectivity index (χ2v) is 10.3. The van der Waals surface area contributed by atoms with Gasteiger partial charge in [-0.1, -0.05) is 6.92 Å². The molecule has 1 unspecified atom stereocenters. The summed E-state index contributed by atoms with van der Waals surface area (Å²) in [6.07, 6.45) is -4.20. The second kappa shape index (κ2) is 9.03. The maximum Gasteiger partial charge on any atom is 0.417 e. The van der Waals surface area contributed by atoms with Crippen LogP contribution < -0.4 is 9.84 Å². The first-order valence-electron chi connectivity index (χ1n) is 9.91. The van der Waals surface area contributed by atoms with Crippen LogP contribution in [0.2, 0.25) is 0 Å². The van der Waals surface area contributed by atoms with Crippen LogP contribution in [0.15, 0.2) is 41.3 Å². The highest BCUT2D eigenvalue weighted by molar-refractivity contribution is 8.17. The Morgan fingerprint density at radius 2 is 1.94 bits per heavy atom. The molecule has 1 amide bonds. The number of nitriles is 1. The van der Waals surface area contributed by atoms with Gasteiger partial charge in [0.1, 0.15) is 5.82 Å². The number of thiol groups is 1. The molecule has 0 bridgehead atoms. The van der Waals surface area contributed by atoms with Crippen molar-refractivity contribution < 1.29 is 31.9 Å². The van der Waals surface area contributed by atoms with Crippen molar-refractivity contribution in [3.8, 4) is 6.07 Å².